The number of aromatic nitrogens is 4. The standard InChI is InChI=1S/C19H20N6S/c1-14-4-2-5-15-18(14)21-19(26-15)24-10-3-9-23(12-13-24)17-7-6-16-20-8-11-25(16)22-17/h2,4-8,11H,3,9-10,12-13H2,1H3. The molecule has 0 spiro atoms. The van der Waals surface area contributed by atoms with Crippen molar-refractivity contribution in [3.63, 3.8) is 0 Å². The Morgan fingerprint density at radius 3 is 2.81 bits per heavy atom. The van der Waals surface area contributed by atoms with Gasteiger partial charge < -0.3 is 9.80 Å². The van der Waals surface area contributed by atoms with Crippen LogP contribution in [0.15, 0.2) is 42.7 Å². The molecule has 0 unspecified atom stereocenters. The maximum Gasteiger partial charge on any atom is 0.186 e. The molecule has 1 aliphatic heterocycles. The number of fused-ring (bicyclic) bond motifs is 2. The number of para-hydroxylation sites is 1. The first kappa shape index (κ1) is 15.6. The van der Waals surface area contributed by atoms with Crippen LogP contribution in [0.3, 0.4) is 0 Å². The van der Waals surface area contributed by atoms with Crippen LogP contribution in [0.2, 0.25) is 0 Å². The van der Waals surface area contributed by atoms with Crippen molar-refractivity contribution in [1.82, 2.24) is 19.6 Å². The van der Waals surface area contributed by atoms with Crippen LogP contribution < -0.4 is 9.80 Å². The van der Waals surface area contributed by atoms with Crippen molar-refractivity contribution in [1.29, 1.82) is 0 Å². The second-order valence-electron chi connectivity index (χ2n) is 6.67. The Bertz CT molecular complexity index is 1070. The highest BCUT2D eigenvalue weighted by molar-refractivity contribution is 7.22. The molecule has 3 aromatic heterocycles. The minimum atomic E-state index is 0.884. The Labute approximate surface area is 155 Å². The molecule has 132 valence electrons. The van der Waals surface area contributed by atoms with Crippen molar-refractivity contribution in [2.24, 2.45) is 0 Å². The summed E-state index contributed by atoms with van der Waals surface area (Å²) in [5, 5.41) is 5.83. The Balaban J connectivity index is 1.38. The van der Waals surface area contributed by atoms with Crippen LogP contribution in [0, 0.1) is 6.92 Å². The van der Waals surface area contributed by atoms with E-state index in [1.54, 1.807) is 17.5 Å². The first-order chi connectivity index (χ1) is 12.8. The molecule has 0 bridgehead atoms. The predicted molar refractivity (Wildman–Crippen MR) is 106 cm³/mol. The van der Waals surface area contributed by atoms with Crippen molar-refractivity contribution in [3.05, 3.63) is 48.3 Å². The maximum absolute atomic E-state index is 4.91. The average molecular weight is 364 g/mol. The summed E-state index contributed by atoms with van der Waals surface area (Å²) in [7, 11) is 0. The van der Waals surface area contributed by atoms with Gasteiger partial charge in [0, 0.05) is 38.6 Å². The summed E-state index contributed by atoms with van der Waals surface area (Å²) in [5.74, 6) is 1.01. The van der Waals surface area contributed by atoms with Crippen molar-refractivity contribution < 1.29 is 0 Å². The number of thiazole rings is 1. The smallest absolute Gasteiger partial charge is 0.186 e. The third-order valence-electron chi connectivity index (χ3n) is 4.94. The van der Waals surface area contributed by atoms with E-state index in [1.165, 1.54) is 10.3 Å². The van der Waals surface area contributed by atoms with Crippen molar-refractivity contribution >= 4 is 38.2 Å². The zero-order valence-corrected chi connectivity index (χ0v) is 15.5. The van der Waals surface area contributed by atoms with Gasteiger partial charge in [-0.1, -0.05) is 23.5 Å². The Kier molecular flexibility index (Phi) is 3.74. The molecule has 0 saturated carbocycles. The summed E-state index contributed by atoms with van der Waals surface area (Å²) in [6.45, 7) is 6.08. The number of imidazole rings is 1. The third kappa shape index (κ3) is 2.68. The second-order valence-corrected chi connectivity index (χ2v) is 7.68. The fourth-order valence-electron chi connectivity index (χ4n) is 3.52. The molecule has 0 radical (unpaired) electrons. The number of nitrogens with zero attached hydrogens (tertiary/aromatic N) is 6. The average Bonchev–Trinajstić information content (AvgIpc) is 3.23. The first-order valence-electron chi connectivity index (χ1n) is 8.94. The first-order valence-corrected chi connectivity index (χ1v) is 9.76. The van der Waals surface area contributed by atoms with E-state index in [-0.39, 0.29) is 0 Å². The minimum absolute atomic E-state index is 0.884. The van der Waals surface area contributed by atoms with Crippen LogP contribution in [-0.2, 0) is 0 Å². The molecule has 26 heavy (non-hydrogen) atoms. The molecule has 1 saturated heterocycles. The Hall–Kier alpha value is -2.67. The molecular formula is C19H20N6S. The summed E-state index contributed by atoms with van der Waals surface area (Å²) < 4.78 is 3.11. The Morgan fingerprint density at radius 1 is 1.00 bits per heavy atom. The molecule has 4 heterocycles. The van der Waals surface area contributed by atoms with Crippen molar-refractivity contribution in [3.8, 4) is 0 Å². The Morgan fingerprint density at radius 2 is 1.88 bits per heavy atom. The molecule has 0 amide bonds. The summed E-state index contributed by atoms with van der Waals surface area (Å²) in [6, 6.07) is 10.5. The SMILES string of the molecule is Cc1cccc2sc(N3CCCN(c4ccc5nccn5n4)CC3)nc12. The van der Waals surface area contributed by atoms with Gasteiger partial charge in [-0.3, -0.25) is 0 Å². The summed E-state index contributed by atoms with van der Waals surface area (Å²) >= 11 is 1.80. The topological polar surface area (TPSA) is 49.6 Å². The highest BCUT2D eigenvalue weighted by Crippen LogP contribution is 2.31. The number of benzene rings is 1. The summed E-state index contributed by atoms with van der Waals surface area (Å²) in [6.07, 6.45) is 4.77. The highest BCUT2D eigenvalue weighted by atomic mass is 32.1. The molecule has 7 heteroatoms. The molecule has 0 N–H and O–H groups in total. The number of anilines is 2. The van der Waals surface area contributed by atoms with Crippen LogP contribution in [0.5, 0.6) is 0 Å². The number of hydrogen-bond donors (Lipinski definition) is 0. The van der Waals surface area contributed by atoms with Gasteiger partial charge in [0.05, 0.1) is 10.2 Å². The zero-order valence-electron chi connectivity index (χ0n) is 14.7. The lowest BCUT2D eigenvalue weighted by Gasteiger charge is -2.22. The number of hydrogen-bond acceptors (Lipinski definition) is 6. The van der Waals surface area contributed by atoms with E-state index < -0.39 is 0 Å². The quantitative estimate of drug-likeness (QED) is 0.546. The van der Waals surface area contributed by atoms with Gasteiger partial charge in [0.15, 0.2) is 10.8 Å². The second kappa shape index (κ2) is 6.25. The highest BCUT2D eigenvalue weighted by Gasteiger charge is 2.19. The van der Waals surface area contributed by atoms with E-state index in [2.05, 4.69) is 46.0 Å². The fourth-order valence-corrected chi connectivity index (χ4v) is 4.62. The molecule has 0 atom stereocenters. The van der Waals surface area contributed by atoms with Crippen LogP contribution >= 0.6 is 11.3 Å². The molecule has 0 aliphatic carbocycles. The van der Waals surface area contributed by atoms with Gasteiger partial charge in [0.2, 0.25) is 0 Å². The van der Waals surface area contributed by atoms with Gasteiger partial charge >= 0.3 is 0 Å². The van der Waals surface area contributed by atoms with Crippen LogP contribution in [0.25, 0.3) is 15.9 Å². The predicted octanol–water partition coefficient (Wildman–Crippen LogP) is 3.36. The zero-order chi connectivity index (χ0) is 17.5. The van der Waals surface area contributed by atoms with E-state index in [9.17, 15) is 0 Å². The lowest BCUT2D eigenvalue weighted by molar-refractivity contribution is 0.776. The third-order valence-corrected chi connectivity index (χ3v) is 6.02. The van der Waals surface area contributed by atoms with Crippen molar-refractivity contribution in [2.75, 3.05) is 36.0 Å². The van der Waals surface area contributed by atoms with E-state index in [0.29, 0.717) is 0 Å². The molecule has 1 fully saturated rings. The van der Waals surface area contributed by atoms with Crippen LogP contribution in [0.4, 0.5) is 10.9 Å². The molecule has 1 aliphatic rings. The summed E-state index contributed by atoms with van der Waals surface area (Å²) in [4.78, 5) is 14.0. The van der Waals surface area contributed by atoms with Gasteiger partial charge in [-0.05, 0) is 37.1 Å². The lowest BCUT2D eigenvalue weighted by Crippen LogP contribution is -2.31. The molecule has 4 aromatic rings. The molecular weight excluding hydrogens is 344 g/mol. The van der Waals surface area contributed by atoms with Crippen LogP contribution in [-0.4, -0.2) is 45.8 Å². The monoisotopic (exact) mass is 364 g/mol. The van der Waals surface area contributed by atoms with Gasteiger partial charge in [0.1, 0.15) is 5.82 Å². The molecule has 1 aromatic carbocycles. The number of aryl methyl sites for hydroxylation is 1. The van der Waals surface area contributed by atoms with Gasteiger partial charge in [-0.15, -0.1) is 5.10 Å². The van der Waals surface area contributed by atoms with E-state index in [0.717, 1.165) is 54.7 Å². The molecule has 6 nitrogen and oxygen atoms in total. The normalized spacial score (nSPS) is 15.7. The van der Waals surface area contributed by atoms with Gasteiger partial charge in [-0.2, -0.15) is 0 Å². The lowest BCUT2D eigenvalue weighted by atomic mass is 10.2. The summed E-state index contributed by atoms with van der Waals surface area (Å²) in [5.41, 5.74) is 3.27. The number of rotatable bonds is 2. The van der Waals surface area contributed by atoms with Gasteiger partial charge in [-0.25, -0.2) is 14.5 Å². The van der Waals surface area contributed by atoms with E-state index in [4.69, 9.17) is 10.1 Å². The van der Waals surface area contributed by atoms with Crippen molar-refractivity contribution in [2.45, 2.75) is 13.3 Å². The molecule has 5 rings (SSSR count). The largest absolute Gasteiger partial charge is 0.353 e. The van der Waals surface area contributed by atoms with E-state index in [1.807, 2.05) is 16.8 Å². The fraction of sp³-hybridized carbons (Fsp3) is 0.316. The maximum atomic E-state index is 4.91. The van der Waals surface area contributed by atoms with Gasteiger partial charge in [0.25, 0.3) is 0 Å². The minimum Gasteiger partial charge on any atom is -0.353 e. The van der Waals surface area contributed by atoms with E-state index >= 15 is 0 Å². The van der Waals surface area contributed by atoms with Crippen LogP contribution in [0.1, 0.15) is 12.0 Å².